The van der Waals surface area contributed by atoms with E-state index in [1.807, 2.05) is 61.5 Å². The van der Waals surface area contributed by atoms with Crippen LogP contribution in [0.5, 0.6) is 11.5 Å². The SMILES string of the molecule is CCOc1ccccc1NC(=O)CSc1ccc(NC(=O)COc2ccccc2)cc1. The summed E-state index contributed by atoms with van der Waals surface area (Å²) in [6, 6.07) is 23.8. The Labute approximate surface area is 186 Å². The van der Waals surface area contributed by atoms with Crippen molar-refractivity contribution in [2.75, 3.05) is 29.6 Å². The molecule has 0 radical (unpaired) electrons. The maximum Gasteiger partial charge on any atom is 0.262 e. The van der Waals surface area contributed by atoms with Gasteiger partial charge in [-0.25, -0.2) is 0 Å². The Morgan fingerprint density at radius 3 is 2.26 bits per heavy atom. The van der Waals surface area contributed by atoms with Crippen molar-refractivity contribution in [2.24, 2.45) is 0 Å². The average molecular weight is 437 g/mol. The summed E-state index contributed by atoms with van der Waals surface area (Å²) in [5.74, 6) is 1.20. The largest absolute Gasteiger partial charge is 0.492 e. The Bertz CT molecular complexity index is 994. The number of nitrogens with one attached hydrogen (secondary N) is 2. The number of benzene rings is 3. The van der Waals surface area contributed by atoms with Crippen LogP contribution in [-0.2, 0) is 9.59 Å². The van der Waals surface area contributed by atoms with Crippen LogP contribution < -0.4 is 20.1 Å². The minimum Gasteiger partial charge on any atom is -0.492 e. The number of ether oxygens (including phenoxy) is 2. The number of hydrogen-bond donors (Lipinski definition) is 2. The number of anilines is 2. The van der Waals surface area contributed by atoms with Crippen molar-refractivity contribution in [1.82, 2.24) is 0 Å². The highest BCUT2D eigenvalue weighted by atomic mass is 32.2. The summed E-state index contributed by atoms with van der Waals surface area (Å²) in [5.41, 5.74) is 1.33. The standard InChI is InChI=1S/C24H24N2O4S/c1-2-29-22-11-7-6-10-21(22)26-24(28)17-31-20-14-12-18(13-15-20)25-23(27)16-30-19-8-4-3-5-9-19/h3-15H,2,16-17H2,1H3,(H,25,27)(H,26,28). The van der Waals surface area contributed by atoms with E-state index in [4.69, 9.17) is 9.47 Å². The molecule has 3 rings (SSSR count). The van der Waals surface area contributed by atoms with Crippen molar-refractivity contribution in [3.63, 3.8) is 0 Å². The molecule has 0 aliphatic heterocycles. The molecular formula is C24H24N2O4S. The van der Waals surface area contributed by atoms with Crippen LogP contribution in [0.2, 0.25) is 0 Å². The Morgan fingerprint density at radius 1 is 0.806 bits per heavy atom. The Hall–Kier alpha value is -3.45. The fourth-order valence-electron chi connectivity index (χ4n) is 2.68. The fourth-order valence-corrected chi connectivity index (χ4v) is 3.38. The number of hydrogen-bond acceptors (Lipinski definition) is 5. The third-order valence-electron chi connectivity index (χ3n) is 4.08. The number of rotatable bonds is 10. The highest BCUT2D eigenvalue weighted by Gasteiger charge is 2.09. The molecule has 0 atom stereocenters. The predicted molar refractivity (Wildman–Crippen MR) is 124 cm³/mol. The van der Waals surface area contributed by atoms with E-state index < -0.39 is 0 Å². The van der Waals surface area contributed by atoms with E-state index in [9.17, 15) is 9.59 Å². The van der Waals surface area contributed by atoms with Gasteiger partial charge >= 0.3 is 0 Å². The molecule has 6 nitrogen and oxygen atoms in total. The van der Waals surface area contributed by atoms with Crippen molar-refractivity contribution >= 4 is 35.0 Å². The minimum atomic E-state index is -0.239. The van der Waals surface area contributed by atoms with E-state index in [1.165, 1.54) is 11.8 Å². The van der Waals surface area contributed by atoms with Gasteiger partial charge in [0.1, 0.15) is 11.5 Å². The van der Waals surface area contributed by atoms with Gasteiger partial charge in [0.05, 0.1) is 18.0 Å². The average Bonchev–Trinajstić information content (AvgIpc) is 2.79. The quantitative estimate of drug-likeness (QED) is 0.445. The lowest BCUT2D eigenvalue weighted by Gasteiger charge is -2.11. The molecule has 31 heavy (non-hydrogen) atoms. The third kappa shape index (κ3) is 7.38. The first-order chi connectivity index (χ1) is 15.1. The first-order valence-corrected chi connectivity index (χ1v) is 10.8. The second-order valence-corrected chi connectivity index (χ2v) is 7.49. The third-order valence-corrected chi connectivity index (χ3v) is 5.09. The number of carbonyl (C=O) groups is 2. The zero-order valence-electron chi connectivity index (χ0n) is 17.2. The summed E-state index contributed by atoms with van der Waals surface area (Å²) in [4.78, 5) is 25.2. The molecule has 3 aromatic rings. The molecule has 0 aliphatic rings. The second-order valence-electron chi connectivity index (χ2n) is 6.44. The van der Waals surface area contributed by atoms with E-state index in [0.29, 0.717) is 29.5 Å². The maximum absolute atomic E-state index is 12.3. The van der Waals surface area contributed by atoms with Crippen molar-refractivity contribution in [1.29, 1.82) is 0 Å². The highest BCUT2D eigenvalue weighted by Crippen LogP contribution is 2.25. The zero-order chi connectivity index (χ0) is 21.9. The topological polar surface area (TPSA) is 76.7 Å². The lowest BCUT2D eigenvalue weighted by Crippen LogP contribution is -2.20. The Morgan fingerprint density at radius 2 is 1.52 bits per heavy atom. The van der Waals surface area contributed by atoms with Crippen molar-refractivity contribution in [3.05, 3.63) is 78.9 Å². The normalized spacial score (nSPS) is 10.2. The molecule has 3 aromatic carbocycles. The van der Waals surface area contributed by atoms with Gasteiger partial charge in [0.15, 0.2) is 6.61 Å². The summed E-state index contributed by atoms with van der Waals surface area (Å²) in [6.45, 7) is 2.36. The molecule has 0 saturated carbocycles. The van der Waals surface area contributed by atoms with Gasteiger partial charge in [0.2, 0.25) is 5.91 Å². The summed E-state index contributed by atoms with van der Waals surface area (Å²) >= 11 is 1.41. The lowest BCUT2D eigenvalue weighted by atomic mass is 10.3. The number of thioether (sulfide) groups is 1. The monoisotopic (exact) mass is 436 g/mol. The summed E-state index contributed by atoms with van der Waals surface area (Å²) < 4.78 is 11.0. The molecule has 160 valence electrons. The molecule has 0 heterocycles. The minimum absolute atomic E-state index is 0.0656. The van der Waals surface area contributed by atoms with E-state index >= 15 is 0 Å². The summed E-state index contributed by atoms with van der Waals surface area (Å²) in [7, 11) is 0. The van der Waals surface area contributed by atoms with Crippen LogP contribution >= 0.6 is 11.8 Å². The molecule has 2 N–H and O–H groups in total. The van der Waals surface area contributed by atoms with Gasteiger partial charge in [0, 0.05) is 10.6 Å². The highest BCUT2D eigenvalue weighted by molar-refractivity contribution is 8.00. The summed E-state index contributed by atoms with van der Waals surface area (Å²) in [6.07, 6.45) is 0. The van der Waals surface area contributed by atoms with Crippen LogP contribution in [0, 0.1) is 0 Å². The van der Waals surface area contributed by atoms with Crippen LogP contribution in [0.25, 0.3) is 0 Å². The number of amides is 2. The Balaban J connectivity index is 1.44. The van der Waals surface area contributed by atoms with Gasteiger partial charge in [-0.2, -0.15) is 0 Å². The molecular weight excluding hydrogens is 412 g/mol. The van der Waals surface area contributed by atoms with Crippen LogP contribution in [0.4, 0.5) is 11.4 Å². The molecule has 0 aliphatic carbocycles. The van der Waals surface area contributed by atoms with Crippen LogP contribution in [0.1, 0.15) is 6.92 Å². The first kappa shape index (κ1) is 22.2. The van der Waals surface area contributed by atoms with E-state index in [0.717, 1.165) is 4.90 Å². The van der Waals surface area contributed by atoms with Gasteiger partial charge in [-0.1, -0.05) is 30.3 Å². The molecule has 0 saturated heterocycles. The lowest BCUT2D eigenvalue weighted by molar-refractivity contribution is -0.118. The molecule has 0 fully saturated rings. The molecule has 7 heteroatoms. The van der Waals surface area contributed by atoms with Crippen molar-refractivity contribution in [2.45, 2.75) is 11.8 Å². The molecule has 0 aromatic heterocycles. The van der Waals surface area contributed by atoms with Crippen LogP contribution in [0.3, 0.4) is 0 Å². The zero-order valence-corrected chi connectivity index (χ0v) is 18.0. The van der Waals surface area contributed by atoms with E-state index in [2.05, 4.69) is 10.6 Å². The molecule has 0 unspecified atom stereocenters. The maximum atomic E-state index is 12.3. The number of para-hydroxylation sites is 3. The van der Waals surface area contributed by atoms with Gasteiger partial charge in [-0.3, -0.25) is 9.59 Å². The predicted octanol–water partition coefficient (Wildman–Crippen LogP) is 4.83. The van der Waals surface area contributed by atoms with E-state index in [-0.39, 0.29) is 24.2 Å². The van der Waals surface area contributed by atoms with Crippen molar-refractivity contribution in [3.8, 4) is 11.5 Å². The Kier molecular flexibility index (Phi) is 8.37. The van der Waals surface area contributed by atoms with Gasteiger partial charge in [-0.05, 0) is 55.5 Å². The molecule has 0 spiro atoms. The summed E-state index contributed by atoms with van der Waals surface area (Å²) in [5, 5.41) is 5.66. The van der Waals surface area contributed by atoms with Gasteiger partial charge in [-0.15, -0.1) is 11.8 Å². The van der Waals surface area contributed by atoms with Crippen LogP contribution in [0.15, 0.2) is 83.8 Å². The smallest absolute Gasteiger partial charge is 0.262 e. The van der Waals surface area contributed by atoms with Crippen molar-refractivity contribution < 1.29 is 19.1 Å². The molecule has 0 bridgehead atoms. The first-order valence-electron chi connectivity index (χ1n) is 9.86. The van der Waals surface area contributed by atoms with Gasteiger partial charge < -0.3 is 20.1 Å². The fraction of sp³-hybridized carbons (Fsp3) is 0.167. The van der Waals surface area contributed by atoms with E-state index in [1.54, 1.807) is 24.3 Å². The second kappa shape index (κ2) is 11.7. The number of carbonyl (C=O) groups excluding carboxylic acids is 2. The van der Waals surface area contributed by atoms with Gasteiger partial charge in [0.25, 0.3) is 5.91 Å². The molecule has 2 amide bonds. The van der Waals surface area contributed by atoms with Crippen LogP contribution in [-0.4, -0.2) is 30.8 Å².